The zero-order valence-electron chi connectivity index (χ0n) is 9.00. The van der Waals surface area contributed by atoms with E-state index in [1.54, 1.807) is 5.38 Å². The number of thiazole rings is 1. The average molecular weight is 288 g/mol. The second kappa shape index (κ2) is 5.01. The quantitative estimate of drug-likeness (QED) is 0.895. The van der Waals surface area contributed by atoms with Crippen molar-refractivity contribution in [1.82, 2.24) is 4.98 Å². The molecule has 0 aliphatic rings. The number of nitrogens with zero attached hydrogens (tertiary/aromatic N) is 1. The zero-order chi connectivity index (χ0) is 13.2. The van der Waals surface area contributed by atoms with Gasteiger partial charge in [-0.05, 0) is 18.2 Å². The van der Waals surface area contributed by atoms with Crippen LogP contribution in [0.25, 0.3) is 0 Å². The molecule has 0 saturated carbocycles. The number of benzene rings is 1. The number of rotatable bonds is 4. The monoisotopic (exact) mass is 288 g/mol. The van der Waals surface area contributed by atoms with E-state index in [1.165, 1.54) is 6.20 Å². The molecule has 0 fully saturated rings. The van der Waals surface area contributed by atoms with Crippen molar-refractivity contribution in [2.24, 2.45) is 0 Å². The van der Waals surface area contributed by atoms with E-state index in [-0.39, 0.29) is 15.6 Å². The maximum absolute atomic E-state index is 13.0. The van der Waals surface area contributed by atoms with E-state index in [2.05, 4.69) is 9.71 Å². The van der Waals surface area contributed by atoms with Crippen LogP contribution in [-0.2, 0) is 16.6 Å². The third kappa shape index (κ3) is 2.66. The Morgan fingerprint density at radius 2 is 2.22 bits per heavy atom. The highest BCUT2D eigenvalue weighted by Gasteiger charge is 2.19. The second-order valence-electron chi connectivity index (χ2n) is 3.35. The first kappa shape index (κ1) is 12.9. The van der Waals surface area contributed by atoms with E-state index >= 15 is 0 Å². The van der Waals surface area contributed by atoms with Crippen molar-refractivity contribution in [1.29, 1.82) is 0 Å². The largest absolute Gasteiger partial charge is 0.392 e. The van der Waals surface area contributed by atoms with Gasteiger partial charge in [-0.3, -0.25) is 4.72 Å². The van der Waals surface area contributed by atoms with Gasteiger partial charge in [0.1, 0.15) is 5.82 Å². The summed E-state index contributed by atoms with van der Waals surface area (Å²) in [6, 6.07) is 3.11. The van der Waals surface area contributed by atoms with E-state index in [4.69, 9.17) is 5.11 Å². The van der Waals surface area contributed by atoms with Gasteiger partial charge < -0.3 is 5.11 Å². The summed E-state index contributed by atoms with van der Waals surface area (Å²) >= 11 is 1.12. The standard InChI is InChI=1S/C10H9FN2O3S2/c11-8-1-2-9(7(5-8)6-14)18(15,16)13-10-12-3-4-17-10/h1-5,14H,6H2,(H,12,13). The molecule has 5 nitrogen and oxygen atoms in total. The minimum atomic E-state index is -3.87. The van der Waals surface area contributed by atoms with Crippen molar-refractivity contribution >= 4 is 26.5 Å². The molecule has 0 aliphatic heterocycles. The minimum absolute atomic E-state index is 0.000874. The van der Waals surface area contributed by atoms with Crippen molar-refractivity contribution in [3.8, 4) is 0 Å². The van der Waals surface area contributed by atoms with Crippen molar-refractivity contribution in [3.05, 3.63) is 41.2 Å². The molecule has 0 aliphatic carbocycles. The molecule has 1 aromatic carbocycles. The highest BCUT2D eigenvalue weighted by Crippen LogP contribution is 2.21. The first-order valence-electron chi connectivity index (χ1n) is 4.84. The Hall–Kier alpha value is -1.51. The Bertz CT molecular complexity index is 641. The van der Waals surface area contributed by atoms with Gasteiger partial charge in [-0.1, -0.05) is 0 Å². The van der Waals surface area contributed by atoms with Gasteiger partial charge in [0.25, 0.3) is 10.0 Å². The normalized spacial score (nSPS) is 11.4. The summed E-state index contributed by atoms with van der Waals surface area (Å²) in [5, 5.41) is 10.9. The lowest BCUT2D eigenvalue weighted by Gasteiger charge is -2.09. The Kier molecular flexibility index (Phi) is 3.60. The third-order valence-corrected chi connectivity index (χ3v) is 4.39. The van der Waals surface area contributed by atoms with E-state index < -0.39 is 22.4 Å². The molecule has 0 spiro atoms. The van der Waals surface area contributed by atoms with Gasteiger partial charge in [0.05, 0.1) is 11.5 Å². The van der Waals surface area contributed by atoms with E-state index in [1.807, 2.05) is 0 Å². The molecule has 2 aromatic rings. The first-order valence-corrected chi connectivity index (χ1v) is 7.21. The number of nitrogens with one attached hydrogen (secondary N) is 1. The molecule has 0 bridgehead atoms. The molecule has 0 unspecified atom stereocenters. The first-order chi connectivity index (χ1) is 8.53. The maximum Gasteiger partial charge on any atom is 0.264 e. The smallest absolute Gasteiger partial charge is 0.264 e. The molecule has 2 N–H and O–H groups in total. The number of hydrogen-bond acceptors (Lipinski definition) is 5. The summed E-state index contributed by atoms with van der Waals surface area (Å²) < 4.78 is 39.2. The minimum Gasteiger partial charge on any atom is -0.392 e. The lowest BCUT2D eigenvalue weighted by atomic mass is 10.2. The third-order valence-electron chi connectivity index (χ3n) is 2.14. The Balaban J connectivity index is 2.41. The summed E-state index contributed by atoms with van der Waals surface area (Å²) in [5.74, 6) is -0.604. The van der Waals surface area contributed by atoms with Crippen LogP contribution >= 0.6 is 11.3 Å². The summed E-state index contributed by atoms with van der Waals surface area (Å²) in [4.78, 5) is 3.63. The molecule has 18 heavy (non-hydrogen) atoms. The predicted octanol–water partition coefficient (Wildman–Crippen LogP) is 1.58. The lowest BCUT2D eigenvalue weighted by molar-refractivity contribution is 0.278. The molecule has 96 valence electrons. The van der Waals surface area contributed by atoms with Gasteiger partial charge in [0.2, 0.25) is 0 Å². The number of aliphatic hydroxyl groups is 1. The summed E-state index contributed by atoms with van der Waals surface area (Å²) in [6.07, 6.45) is 1.46. The van der Waals surface area contributed by atoms with Crippen molar-refractivity contribution in [2.45, 2.75) is 11.5 Å². The zero-order valence-corrected chi connectivity index (χ0v) is 10.6. The van der Waals surface area contributed by atoms with Gasteiger partial charge in [0.15, 0.2) is 5.13 Å². The molecule has 2 rings (SSSR count). The second-order valence-corrected chi connectivity index (χ2v) is 5.90. The van der Waals surface area contributed by atoms with Crippen LogP contribution in [0.1, 0.15) is 5.56 Å². The molecule has 1 heterocycles. The molecule has 0 atom stereocenters. The molecule has 0 amide bonds. The van der Waals surface area contributed by atoms with Crippen LogP contribution in [0.4, 0.5) is 9.52 Å². The highest BCUT2D eigenvalue weighted by atomic mass is 32.2. The van der Waals surface area contributed by atoms with Crippen LogP contribution in [0.2, 0.25) is 0 Å². The Morgan fingerprint density at radius 3 is 2.83 bits per heavy atom. The van der Waals surface area contributed by atoms with Crippen molar-refractivity contribution in [3.63, 3.8) is 0 Å². The predicted molar refractivity (Wildman–Crippen MR) is 65.2 cm³/mol. The summed E-state index contributed by atoms with van der Waals surface area (Å²) in [5.41, 5.74) is -0.000874. The van der Waals surface area contributed by atoms with Gasteiger partial charge in [-0.25, -0.2) is 17.8 Å². The number of hydrogen-bond donors (Lipinski definition) is 2. The van der Waals surface area contributed by atoms with Crippen molar-refractivity contribution < 1.29 is 17.9 Å². The molecule has 8 heteroatoms. The molecule has 0 saturated heterocycles. The number of aliphatic hydroxyl groups excluding tert-OH is 1. The SMILES string of the molecule is O=S(=O)(Nc1nccs1)c1ccc(F)cc1CO. The van der Waals surface area contributed by atoms with Crippen LogP contribution in [0, 0.1) is 5.82 Å². The number of aromatic nitrogens is 1. The van der Waals surface area contributed by atoms with Crippen LogP contribution in [0.5, 0.6) is 0 Å². The molecular formula is C10H9FN2O3S2. The maximum atomic E-state index is 13.0. The molecule has 0 radical (unpaired) electrons. The fourth-order valence-corrected chi connectivity index (χ4v) is 3.38. The van der Waals surface area contributed by atoms with E-state index in [9.17, 15) is 12.8 Å². The van der Waals surface area contributed by atoms with Crippen LogP contribution in [0.3, 0.4) is 0 Å². The topological polar surface area (TPSA) is 79.3 Å². The van der Waals surface area contributed by atoms with E-state index in [0.29, 0.717) is 0 Å². The van der Waals surface area contributed by atoms with Crippen LogP contribution in [0.15, 0.2) is 34.7 Å². The summed E-state index contributed by atoms with van der Waals surface area (Å²) in [6.45, 7) is -0.564. The average Bonchev–Trinajstić information content (AvgIpc) is 2.80. The van der Waals surface area contributed by atoms with Gasteiger partial charge in [-0.15, -0.1) is 11.3 Å². The van der Waals surface area contributed by atoms with Crippen molar-refractivity contribution in [2.75, 3.05) is 4.72 Å². The van der Waals surface area contributed by atoms with Crippen LogP contribution < -0.4 is 4.72 Å². The number of sulfonamides is 1. The summed E-state index contributed by atoms with van der Waals surface area (Å²) in [7, 11) is -3.87. The number of halogens is 1. The fraction of sp³-hybridized carbons (Fsp3) is 0.100. The fourth-order valence-electron chi connectivity index (χ4n) is 1.38. The number of anilines is 1. The van der Waals surface area contributed by atoms with Gasteiger partial charge in [0, 0.05) is 17.1 Å². The van der Waals surface area contributed by atoms with Gasteiger partial charge in [-0.2, -0.15) is 0 Å². The highest BCUT2D eigenvalue weighted by molar-refractivity contribution is 7.93. The molecular weight excluding hydrogens is 279 g/mol. The van der Waals surface area contributed by atoms with Gasteiger partial charge >= 0.3 is 0 Å². The Morgan fingerprint density at radius 1 is 1.44 bits per heavy atom. The lowest BCUT2D eigenvalue weighted by Crippen LogP contribution is -2.15. The Labute approximate surface area is 107 Å². The molecule has 1 aromatic heterocycles. The van der Waals surface area contributed by atoms with E-state index in [0.717, 1.165) is 29.5 Å². The van der Waals surface area contributed by atoms with Crippen LogP contribution in [-0.4, -0.2) is 18.5 Å².